The number of carbonyl (C=O) groups is 4. The fourth-order valence-corrected chi connectivity index (χ4v) is 3.00. The molecule has 0 fully saturated rings. The zero-order chi connectivity index (χ0) is 22.1. The molecule has 0 radical (unpaired) electrons. The van der Waals surface area contributed by atoms with E-state index in [1.165, 1.54) is 13.2 Å². The SMILES string of the molecule is COc1ccc(CN2C(=O)c3ccccc3C2=O)cc1C(=O)OCC(=O)C(C)(C)C. The summed E-state index contributed by atoms with van der Waals surface area (Å²) in [4.78, 5) is 50.9. The molecule has 30 heavy (non-hydrogen) atoms. The van der Waals surface area contributed by atoms with E-state index in [1.54, 1.807) is 57.2 Å². The smallest absolute Gasteiger partial charge is 0.342 e. The van der Waals surface area contributed by atoms with E-state index in [9.17, 15) is 19.2 Å². The van der Waals surface area contributed by atoms with Gasteiger partial charge in [-0.25, -0.2) is 4.79 Å². The van der Waals surface area contributed by atoms with Crippen LogP contribution in [0.1, 0.15) is 57.4 Å². The second kappa shape index (κ2) is 8.10. The summed E-state index contributed by atoms with van der Waals surface area (Å²) in [5.41, 5.74) is 0.762. The van der Waals surface area contributed by atoms with Crippen molar-refractivity contribution in [1.29, 1.82) is 0 Å². The van der Waals surface area contributed by atoms with Crippen LogP contribution in [0.4, 0.5) is 0 Å². The molecular weight excluding hydrogens is 386 g/mol. The first kappa shape index (κ1) is 21.2. The third kappa shape index (κ3) is 4.10. The third-order valence-corrected chi connectivity index (χ3v) is 4.87. The molecule has 2 amide bonds. The minimum Gasteiger partial charge on any atom is -0.496 e. The Morgan fingerprint density at radius 3 is 2.10 bits per heavy atom. The monoisotopic (exact) mass is 409 g/mol. The van der Waals surface area contributed by atoms with Crippen LogP contribution in [0.3, 0.4) is 0 Å². The summed E-state index contributed by atoms with van der Waals surface area (Å²) in [6.07, 6.45) is 0. The van der Waals surface area contributed by atoms with Gasteiger partial charge in [0.05, 0.1) is 24.8 Å². The van der Waals surface area contributed by atoms with Gasteiger partial charge in [-0.15, -0.1) is 0 Å². The molecule has 156 valence electrons. The maximum absolute atomic E-state index is 12.6. The van der Waals surface area contributed by atoms with Crippen molar-refractivity contribution < 1.29 is 28.7 Å². The van der Waals surface area contributed by atoms with Gasteiger partial charge in [-0.2, -0.15) is 0 Å². The number of ether oxygens (including phenoxy) is 2. The van der Waals surface area contributed by atoms with E-state index in [-0.39, 0.29) is 42.1 Å². The highest BCUT2D eigenvalue weighted by atomic mass is 16.5. The quantitative estimate of drug-likeness (QED) is 0.537. The van der Waals surface area contributed by atoms with Crippen molar-refractivity contribution in [2.45, 2.75) is 27.3 Å². The number of hydrogen-bond donors (Lipinski definition) is 0. The lowest BCUT2D eigenvalue weighted by Gasteiger charge is -2.17. The molecule has 0 aromatic heterocycles. The first-order valence-electron chi connectivity index (χ1n) is 9.46. The molecule has 1 aliphatic heterocycles. The van der Waals surface area contributed by atoms with E-state index >= 15 is 0 Å². The van der Waals surface area contributed by atoms with Crippen LogP contribution in [-0.4, -0.2) is 42.2 Å². The Hall–Kier alpha value is -3.48. The van der Waals surface area contributed by atoms with Gasteiger partial charge < -0.3 is 9.47 Å². The predicted molar refractivity (Wildman–Crippen MR) is 108 cm³/mol. The summed E-state index contributed by atoms with van der Waals surface area (Å²) in [5.74, 6) is -1.42. The fourth-order valence-electron chi connectivity index (χ4n) is 3.00. The molecule has 7 nitrogen and oxygen atoms in total. The van der Waals surface area contributed by atoms with Gasteiger partial charge in [0, 0.05) is 5.41 Å². The molecule has 0 saturated carbocycles. The van der Waals surface area contributed by atoms with Crippen molar-refractivity contribution in [2.24, 2.45) is 5.41 Å². The summed E-state index contributed by atoms with van der Waals surface area (Å²) in [6, 6.07) is 11.4. The van der Waals surface area contributed by atoms with Crippen LogP contribution in [-0.2, 0) is 16.1 Å². The Kier molecular flexibility index (Phi) is 5.73. The van der Waals surface area contributed by atoms with Gasteiger partial charge >= 0.3 is 5.97 Å². The van der Waals surface area contributed by atoms with Crippen LogP contribution in [0.15, 0.2) is 42.5 Å². The first-order chi connectivity index (χ1) is 14.1. The largest absolute Gasteiger partial charge is 0.496 e. The lowest BCUT2D eigenvalue weighted by molar-refractivity contribution is -0.129. The van der Waals surface area contributed by atoms with E-state index in [4.69, 9.17) is 9.47 Å². The molecular formula is C23H23NO6. The van der Waals surface area contributed by atoms with E-state index in [2.05, 4.69) is 0 Å². The summed E-state index contributed by atoms with van der Waals surface area (Å²) >= 11 is 0. The van der Waals surface area contributed by atoms with Gasteiger partial charge in [0.25, 0.3) is 11.8 Å². The summed E-state index contributed by atoms with van der Waals surface area (Å²) in [5, 5.41) is 0. The van der Waals surface area contributed by atoms with Crippen LogP contribution < -0.4 is 4.74 Å². The minimum absolute atomic E-state index is 0.00244. The zero-order valence-corrected chi connectivity index (χ0v) is 17.4. The maximum Gasteiger partial charge on any atom is 0.342 e. The van der Waals surface area contributed by atoms with Crippen LogP contribution in [0.5, 0.6) is 5.75 Å². The van der Waals surface area contributed by atoms with Gasteiger partial charge in [-0.1, -0.05) is 39.0 Å². The Morgan fingerprint density at radius 2 is 1.57 bits per heavy atom. The van der Waals surface area contributed by atoms with Gasteiger partial charge in [0.2, 0.25) is 0 Å². The highest BCUT2D eigenvalue weighted by Crippen LogP contribution is 2.27. The number of nitrogens with zero attached hydrogens (tertiary/aromatic N) is 1. The maximum atomic E-state index is 12.6. The average molecular weight is 409 g/mol. The van der Waals surface area contributed by atoms with Gasteiger partial charge in [-0.05, 0) is 29.8 Å². The van der Waals surface area contributed by atoms with Crippen molar-refractivity contribution in [3.8, 4) is 5.75 Å². The number of hydrogen-bond acceptors (Lipinski definition) is 6. The number of methoxy groups -OCH3 is 1. The molecule has 1 heterocycles. The fraction of sp³-hybridized carbons (Fsp3) is 0.304. The number of Topliss-reactive ketones (excluding diaryl/α,β-unsaturated/α-hetero) is 1. The third-order valence-electron chi connectivity index (χ3n) is 4.87. The van der Waals surface area contributed by atoms with E-state index < -0.39 is 11.4 Å². The molecule has 0 bridgehead atoms. The lowest BCUT2D eigenvalue weighted by Crippen LogP contribution is -2.29. The highest BCUT2D eigenvalue weighted by Gasteiger charge is 2.35. The molecule has 3 rings (SSSR count). The van der Waals surface area contributed by atoms with Crippen molar-refractivity contribution >= 4 is 23.6 Å². The van der Waals surface area contributed by atoms with Gasteiger partial charge in [0.15, 0.2) is 12.4 Å². The number of amides is 2. The number of fused-ring (bicyclic) bond motifs is 1. The molecule has 0 unspecified atom stereocenters. The molecule has 2 aromatic carbocycles. The second-order valence-electron chi connectivity index (χ2n) is 8.03. The zero-order valence-electron chi connectivity index (χ0n) is 17.4. The van der Waals surface area contributed by atoms with Crippen molar-refractivity contribution in [3.63, 3.8) is 0 Å². The lowest BCUT2D eigenvalue weighted by atomic mass is 9.91. The summed E-state index contributed by atoms with van der Waals surface area (Å²) in [6.45, 7) is 4.87. The Balaban J connectivity index is 1.80. The number of esters is 1. The molecule has 1 aliphatic rings. The van der Waals surface area contributed by atoms with Crippen LogP contribution in [0.25, 0.3) is 0 Å². The highest BCUT2D eigenvalue weighted by molar-refractivity contribution is 6.21. The molecule has 0 N–H and O–H groups in total. The average Bonchev–Trinajstić information content (AvgIpc) is 2.96. The molecule has 0 atom stereocenters. The molecule has 7 heteroatoms. The van der Waals surface area contributed by atoms with Crippen LogP contribution in [0.2, 0.25) is 0 Å². The van der Waals surface area contributed by atoms with E-state index in [1.807, 2.05) is 0 Å². The number of imide groups is 1. The Labute approximate surface area is 174 Å². The van der Waals surface area contributed by atoms with E-state index in [0.717, 1.165) is 4.90 Å². The second-order valence-corrected chi connectivity index (χ2v) is 8.03. The number of ketones is 1. The molecule has 0 aliphatic carbocycles. The molecule has 0 saturated heterocycles. The van der Waals surface area contributed by atoms with Gasteiger partial charge in [-0.3, -0.25) is 19.3 Å². The summed E-state index contributed by atoms with van der Waals surface area (Å²) < 4.78 is 10.4. The van der Waals surface area contributed by atoms with Crippen molar-refractivity contribution in [1.82, 2.24) is 4.90 Å². The van der Waals surface area contributed by atoms with Crippen molar-refractivity contribution in [2.75, 3.05) is 13.7 Å². The summed E-state index contributed by atoms with van der Waals surface area (Å²) in [7, 11) is 1.41. The number of carbonyl (C=O) groups excluding carboxylic acids is 4. The van der Waals surface area contributed by atoms with Crippen LogP contribution >= 0.6 is 0 Å². The first-order valence-corrected chi connectivity index (χ1v) is 9.46. The topological polar surface area (TPSA) is 90.0 Å². The predicted octanol–water partition coefficient (Wildman–Crippen LogP) is 3.26. The Bertz CT molecular complexity index is 999. The minimum atomic E-state index is -0.714. The molecule has 2 aromatic rings. The molecule has 0 spiro atoms. The van der Waals surface area contributed by atoms with Crippen molar-refractivity contribution in [3.05, 3.63) is 64.7 Å². The van der Waals surface area contributed by atoms with E-state index in [0.29, 0.717) is 16.7 Å². The normalized spacial score (nSPS) is 13.3. The van der Waals surface area contributed by atoms with Gasteiger partial charge in [0.1, 0.15) is 11.3 Å². The number of benzene rings is 2. The number of rotatable bonds is 6. The van der Waals surface area contributed by atoms with Crippen LogP contribution in [0, 0.1) is 5.41 Å². The Morgan fingerprint density at radius 1 is 0.967 bits per heavy atom. The standard InChI is InChI=1S/C23H23NO6/c1-23(2,3)19(25)13-30-22(28)17-11-14(9-10-18(17)29-4)12-24-20(26)15-7-5-6-8-16(15)21(24)27/h5-11H,12-13H2,1-4H3.